The van der Waals surface area contributed by atoms with E-state index in [0.29, 0.717) is 10.7 Å². The van der Waals surface area contributed by atoms with Crippen molar-refractivity contribution in [2.45, 2.75) is 11.8 Å². The van der Waals surface area contributed by atoms with Gasteiger partial charge >= 0.3 is 0 Å². The van der Waals surface area contributed by atoms with Crippen LogP contribution in [0.2, 0.25) is 5.02 Å². The molecule has 0 fully saturated rings. The molecule has 0 aliphatic carbocycles. The van der Waals surface area contributed by atoms with Gasteiger partial charge in [-0.2, -0.15) is 4.31 Å². The van der Waals surface area contributed by atoms with Crippen molar-refractivity contribution >= 4 is 33.2 Å². The van der Waals surface area contributed by atoms with Crippen molar-refractivity contribution in [2.24, 2.45) is 0 Å². The van der Waals surface area contributed by atoms with Gasteiger partial charge in [0.25, 0.3) is 0 Å². The van der Waals surface area contributed by atoms with Crippen molar-refractivity contribution in [2.75, 3.05) is 18.9 Å². The van der Waals surface area contributed by atoms with E-state index in [9.17, 15) is 17.6 Å². The molecule has 0 bridgehead atoms. The molecule has 128 valence electrons. The fourth-order valence-electron chi connectivity index (χ4n) is 1.94. The predicted octanol–water partition coefficient (Wildman–Crippen LogP) is 3.05. The summed E-state index contributed by atoms with van der Waals surface area (Å²) in [6.07, 6.45) is 0. The number of likely N-dealkylation sites (N-methyl/N-ethyl adjacent to an activating group) is 1. The Kier molecular flexibility index (Phi) is 5.58. The number of halogens is 2. The molecule has 2 aromatic carbocycles. The first-order chi connectivity index (χ1) is 11.2. The van der Waals surface area contributed by atoms with Gasteiger partial charge in [0.1, 0.15) is 5.82 Å². The molecular weight excluding hydrogens is 355 g/mol. The van der Waals surface area contributed by atoms with Crippen molar-refractivity contribution in [3.8, 4) is 0 Å². The fraction of sp³-hybridized carbons (Fsp3) is 0.188. The van der Waals surface area contributed by atoms with Crippen LogP contribution in [0.4, 0.5) is 10.1 Å². The standard InChI is InChI=1S/C16H16ClFN2O3S/c1-11-3-6-13(9-15(11)17)19-16(21)10-20(2)24(22,23)14-7-4-12(18)5-8-14/h3-9H,10H2,1-2H3,(H,19,21). The molecule has 0 atom stereocenters. The number of sulfonamides is 1. The Morgan fingerprint density at radius 1 is 1.21 bits per heavy atom. The molecule has 2 rings (SSSR count). The van der Waals surface area contributed by atoms with Crippen LogP contribution >= 0.6 is 11.6 Å². The second-order valence-corrected chi connectivity index (χ2v) is 7.68. The number of benzene rings is 2. The third kappa shape index (κ3) is 4.31. The first kappa shape index (κ1) is 18.4. The lowest BCUT2D eigenvalue weighted by molar-refractivity contribution is -0.116. The number of nitrogens with one attached hydrogen (secondary N) is 1. The highest BCUT2D eigenvalue weighted by Crippen LogP contribution is 2.20. The van der Waals surface area contributed by atoms with Gasteiger partial charge in [0.05, 0.1) is 11.4 Å². The third-order valence-electron chi connectivity index (χ3n) is 3.34. The molecule has 2 aromatic rings. The second-order valence-electron chi connectivity index (χ2n) is 5.23. The maximum atomic E-state index is 12.9. The summed E-state index contributed by atoms with van der Waals surface area (Å²) >= 11 is 5.98. The quantitative estimate of drug-likeness (QED) is 0.879. The molecule has 0 saturated heterocycles. The number of hydrogen-bond donors (Lipinski definition) is 1. The highest BCUT2D eigenvalue weighted by atomic mass is 35.5. The molecule has 0 aromatic heterocycles. The van der Waals surface area contributed by atoms with Gasteiger partial charge in [0.2, 0.25) is 15.9 Å². The molecule has 0 radical (unpaired) electrons. The van der Waals surface area contributed by atoms with Gasteiger partial charge < -0.3 is 5.32 Å². The smallest absolute Gasteiger partial charge is 0.243 e. The lowest BCUT2D eigenvalue weighted by atomic mass is 10.2. The zero-order valence-corrected chi connectivity index (χ0v) is 14.7. The van der Waals surface area contributed by atoms with Crippen molar-refractivity contribution in [3.63, 3.8) is 0 Å². The minimum absolute atomic E-state index is 0.0856. The molecule has 0 aliphatic heterocycles. The van der Waals surface area contributed by atoms with E-state index in [4.69, 9.17) is 11.6 Å². The minimum Gasteiger partial charge on any atom is -0.325 e. The second kappa shape index (κ2) is 7.29. The minimum atomic E-state index is -3.88. The van der Waals surface area contributed by atoms with Gasteiger partial charge in [-0.1, -0.05) is 17.7 Å². The SMILES string of the molecule is Cc1ccc(NC(=O)CN(C)S(=O)(=O)c2ccc(F)cc2)cc1Cl. The average Bonchev–Trinajstić information content (AvgIpc) is 2.51. The highest BCUT2D eigenvalue weighted by molar-refractivity contribution is 7.89. The maximum absolute atomic E-state index is 12.9. The molecule has 1 N–H and O–H groups in total. The molecular formula is C16H16ClFN2O3S. The van der Waals surface area contributed by atoms with E-state index >= 15 is 0 Å². The van der Waals surface area contributed by atoms with Gasteiger partial charge in [-0.15, -0.1) is 0 Å². The third-order valence-corrected chi connectivity index (χ3v) is 5.57. The largest absolute Gasteiger partial charge is 0.325 e. The summed E-state index contributed by atoms with van der Waals surface area (Å²) < 4.78 is 38.5. The molecule has 0 unspecified atom stereocenters. The molecule has 0 saturated carbocycles. The van der Waals surface area contributed by atoms with Crippen LogP contribution in [0.25, 0.3) is 0 Å². The highest BCUT2D eigenvalue weighted by Gasteiger charge is 2.23. The number of carbonyl (C=O) groups excluding carboxylic acids is 1. The van der Waals surface area contributed by atoms with E-state index in [2.05, 4.69) is 5.32 Å². The van der Waals surface area contributed by atoms with Crippen LogP contribution < -0.4 is 5.32 Å². The Balaban J connectivity index is 2.07. The van der Waals surface area contributed by atoms with E-state index in [1.165, 1.54) is 7.05 Å². The molecule has 0 heterocycles. The number of amides is 1. The Morgan fingerprint density at radius 2 is 1.83 bits per heavy atom. The Labute approximate surface area is 145 Å². The lowest BCUT2D eigenvalue weighted by Crippen LogP contribution is -2.34. The summed E-state index contributed by atoms with van der Waals surface area (Å²) in [5, 5.41) is 3.08. The summed E-state index contributed by atoms with van der Waals surface area (Å²) in [4.78, 5) is 11.9. The number of carbonyl (C=O) groups is 1. The Morgan fingerprint density at radius 3 is 2.42 bits per heavy atom. The molecule has 8 heteroatoms. The Bertz CT molecular complexity index is 854. The van der Waals surface area contributed by atoms with E-state index < -0.39 is 21.7 Å². The normalized spacial score (nSPS) is 11.5. The van der Waals surface area contributed by atoms with Gasteiger partial charge in [-0.3, -0.25) is 4.79 Å². The summed E-state index contributed by atoms with van der Waals surface area (Å²) in [5.41, 5.74) is 1.34. The average molecular weight is 371 g/mol. The van der Waals surface area contributed by atoms with Crippen LogP contribution in [0.1, 0.15) is 5.56 Å². The molecule has 0 aliphatic rings. The molecule has 1 amide bonds. The Hall–Kier alpha value is -1.96. The van der Waals surface area contributed by atoms with Crippen molar-refractivity contribution < 1.29 is 17.6 Å². The topological polar surface area (TPSA) is 66.5 Å². The summed E-state index contributed by atoms with van der Waals surface area (Å²) in [6, 6.07) is 9.41. The van der Waals surface area contributed by atoms with Crippen LogP contribution in [0.3, 0.4) is 0 Å². The van der Waals surface area contributed by atoms with Crippen molar-refractivity contribution in [3.05, 3.63) is 58.9 Å². The zero-order chi connectivity index (χ0) is 17.9. The van der Waals surface area contributed by atoms with Crippen LogP contribution in [0.15, 0.2) is 47.4 Å². The van der Waals surface area contributed by atoms with E-state index in [0.717, 1.165) is 34.1 Å². The zero-order valence-electron chi connectivity index (χ0n) is 13.1. The van der Waals surface area contributed by atoms with E-state index in [1.54, 1.807) is 18.2 Å². The summed E-state index contributed by atoms with van der Waals surface area (Å²) in [6.45, 7) is 1.45. The van der Waals surface area contributed by atoms with E-state index in [-0.39, 0.29) is 11.4 Å². The van der Waals surface area contributed by atoms with Gasteiger partial charge in [-0.25, -0.2) is 12.8 Å². The fourth-order valence-corrected chi connectivity index (χ4v) is 3.25. The summed E-state index contributed by atoms with van der Waals surface area (Å²) in [7, 11) is -2.60. The number of rotatable bonds is 5. The molecule has 24 heavy (non-hydrogen) atoms. The molecule has 5 nitrogen and oxygen atoms in total. The monoisotopic (exact) mass is 370 g/mol. The number of aryl methyl sites for hydroxylation is 1. The van der Waals surface area contributed by atoms with Crippen LogP contribution in [-0.2, 0) is 14.8 Å². The van der Waals surface area contributed by atoms with Gasteiger partial charge in [0, 0.05) is 17.8 Å². The molecule has 0 spiro atoms. The number of hydrogen-bond acceptors (Lipinski definition) is 3. The summed E-state index contributed by atoms with van der Waals surface area (Å²) in [5.74, 6) is -1.05. The van der Waals surface area contributed by atoms with Crippen molar-refractivity contribution in [1.82, 2.24) is 4.31 Å². The maximum Gasteiger partial charge on any atom is 0.243 e. The van der Waals surface area contributed by atoms with E-state index in [1.807, 2.05) is 6.92 Å². The number of anilines is 1. The predicted molar refractivity (Wildman–Crippen MR) is 91.0 cm³/mol. The van der Waals surface area contributed by atoms with Gasteiger partial charge in [0.15, 0.2) is 0 Å². The van der Waals surface area contributed by atoms with Crippen LogP contribution in [-0.4, -0.2) is 32.2 Å². The van der Waals surface area contributed by atoms with Crippen LogP contribution in [0, 0.1) is 12.7 Å². The first-order valence-electron chi connectivity index (χ1n) is 6.98. The van der Waals surface area contributed by atoms with Crippen LogP contribution in [0.5, 0.6) is 0 Å². The van der Waals surface area contributed by atoms with Crippen molar-refractivity contribution in [1.29, 1.82) is 0 Å². The first-order valence-corrected chi connectivity index (χ1v) is 8.80. The number of nitrogens with zero attached hydrogens (tertiary/aromatic N) is 1. The van der Waals surface area contributed by atoms with Gasteiger partial charge in [-0.05, 0) is 48.9 Å². The lowest BCUT2D eigenvalue weighted by Gasteiger charge is -2.17.